The van der Waals surface area contributed by atoms with Crippen LogP contribution in [0.5, 0.6) is 0 Å². The van der Waals surface area contributed by atoms with Gasteiger partial charge in [0.25, 0.3) is 0 Å². The molecular formula is C53H103NO8. The lowest BCUT2D eigenvalue weighted by atomic mass is 9.99. The molecule has 1 amide bonds. The number of carbonyl (C=O) groups excluding carboxylic acids is 1. The fraction of sp³-hybridized carbons (Fsp3) is 0.943. The third-order valence-corrected chi connectivity index (χ3v) is 13.1. The third-order valence-electron chi connectivity index (χ3n) is 13.1. The van der Waals surface area contributed by atoms with E-state index >= 15 is 0 Å². The summed E-state index contributed by atoms with van der Waals surface area (Å²) < 4.78 is 11.3. The van der Waals surface area contributed by atoms with E-state index in [2.05, 4.69) is 31.3 Å². The van der Waals surface area contributed by atoms with Crippen molar-refractivity contribution in [3.8, 4) is 0 Å². The van der Waals surface area contributed by atoms with Gasteiger partial charge in [-0.1, -0.05) is 238 Å². The first-order valence-corrected chi connectivity index (χ1v) is 26.9. The van der Waals surface area contributed by atoms with Crippen molar-refractivity contribution in [1.82, 2.24) is 5.32 Å². The van der Waals surface area contributed by atoms with Crippen LogP contribution in [-0.2, 0) is 14.3 Å². The van der Waals surface area contributed by atoms with Crippen LogP contribution in [0.1, 0.15) is 264 Å². The molecule has 1 saturated heterocycles. The maximum Gasteiger partial charge on any atom is 0.220 e. The summed E-state index contributed by atoms with van der Waals surface area (Å²) in [5.74, 6) is -0.153. The maximum absolute atomic E-state index is 12.9. The molecule has 0 aromatic heterocycles. The molecule has 9 nitrogen and oxygen atoms in total. The van der Waals surface area contributed by atoms with Gasteiger partial charge in [-0.15, -0.1) is 0 Å². The third kappa shape index (κ3) is 33.4. The van der Waals surface area contributed by atoms with Crippen LogP contribution in [0.2, 0.25) is 0 Å². The van der Waals surface area contributed by atoms with E-state index in [1.54, 1.807) is 0 Å². The highest BCUT2D eigenvalue weighted by atomic mass is 16.7. The molecule has 1 heterocycles. The van der Waals surface area contributed by atoms with Crippen LogP contribution in [0.25, 0.3) is 0 Å². The summed E-state index contributed by atoms with van der Waals surface area (Å²) in [4.78, 5) is 12.9. The molecule has 1 aliphatic rings. The minimum atomic E-state index is -1.55. The highest BCUT2D eigenvalue weighted by molar-refractivity contribution is 5.76. The second-order valence-corrected chi connectivity index (χ2v) is 19.0. The Morgan fingerprint density at radius 2 is 0.935 bits per heavy atom. The van der Waals surface area contributed by atoms with E-state index in [0.717, 1.165) is 64.2 Å². The number of hydrogen-bond acceptors (Lipinski definition) is 8. The van der Waals surface area contributed by atoms with Crippen molar-refractivity contribution in [2.45, 2.75) is 307 Å². The van der Waals surface area contributed by atoms with Crippen molar-refractivity contribution in [2.24, 2.45) is 0 Å². The molecule has 0 saturated carbocycles. The van der Waals surface area contributed by atoms with Crippen molar-refractivity contribution in [1.29, 1.82) is 0 Å². The lowest BCUT2D eigenvalue weighted by Gasteiger charge is -2.40. The SMILES string of the molecule is CCC/C=C\CCCCCCCC(=O)NC(COC1OC(CO)C(O)C(O)C1O)C(O)CCCCCCCCCCCCCCCCCCCCCCCCCCCCCCC. The molecular weight excluding hydrogens is 779 g/mol. The fourth-order valence-electron chi connectivity index (χ4n) is 8.81. The van der Waals surface area contributed by atoms with Gasteiger partial charge in [-0.3, -0.25) is 4.79 Å². The Hall–Kier alpha value is -1.07. The summed E-state index contributed by atoms with van der Waals surface area (Å²) in [6.45, 7) is 3.79. The van der Waals surface area contributed by atoms with Gasteiger partial charge in [-0.2, -0.15) is 0 Å². The summed E-state index contributed by atoms with van der Waals surface area (Å²) in [5, 5.41) is 54.4. The summed E-state index contributed by atoms with van der Waals surface area (Å²) >= 11 is 0. The number of carbonyl (C=O) groups is 1. The standard InChI is InChI=1S/C53H103NO8/c1-3-5-7-9-11-13-15-16-17-18-19-20-21-22-23-24-25-26-27-28-29-30-31-32-33-34-36-38-40-42-47(56)46(45-61-53-52(60)51(59)50(58)48(44-55)62-53)54-49(57)43-41-39-37-35-14-12-10-8-6-4-2/h8,10,46-48,50-53,55-56,58-60H,3-7,9,11-45H2,1-2H3,(H,54,57)/b10-8-. The van der Waals surface area contributed by atoms with Crippen LogP contribution in [0.15, 0.2) is 12.2 Å². The molecule has 0 aliphatic carbocycles. The number of nitrogens with one attached hydrogen (secondary N) is 1. The smallest absolute Gasteiger partial charge is 0.220 e. The zero-order valence-electron chi connectivity index (χ0n) is 40.6. The van der Waals surface area contributed by atoms with Crippen LogP contribution in [-0.4, -0.2) is 87.5 Å². The van der Waals surface area contributed by atoms with Gasteiger partial charge >= 0.3 is 0 Å². The average Bonchev–Trinajstić information content (AvgIpc) is 3.27. The highest BCUT2D eigenvalue weighted by Crippen LogP contribution is 2.23. The molecule has 368 valence electrons. The Labute approximate surface area is 382 Å². The number of hydrogen-bond donors (Lipinski definition) is 6. The molecule has 0 aromatic carbocycles. The maximum atomic E-state index is 12.9. The van der Waals surface area contributed by atoms with Crippen molar-refractivity contribution in [2.75, 3.05) is 13.2 Å². The second kappa shape index (κ2) is 43.8. The summed E-state index contributed by atoms with van der Waals surface area (Å²) in [7, 11) is 0. The van der Waals surface area contributed by atoms with Gasteiger partial charge < -0.3 is 40.3 Å². The monoisotopic (exact) mass is 882 g/mol. The van der Waals surface area contributed by atoms with E-state index in [0.29, 0.717) is 12.8 Å². The van der Waals surface area contributed by atoms with Crippen molar-refractivity contribution < 1.29 is 39.8 Å². The quantitative estimate of drug-likeness (QED) is 0.0261. The van der Waals surface area contributed by atoms with Crippen molar-refractivity contribution >= 4 is 5.91 Å². The zero-order valence-corrected chi connectivity index (χ0v) is 40.6. The number of allylic oxidation sites excluding steroid dienone is 2. The largest absolute Gasteiger partial charge is 0.394 e. The number of aliphatic hydroxyl groups is 5. The van der Waals surface area contributed by atoms with Crippen LogP contribution >= 0.6 is 0 Å². The number of amides is 1. The topological polar surface area (TPSA) is 149 Å². The first kappa shape index (κ1) is 58.9. The fourth-order valence-corrected chi connectivity index (χ4v) is 8.81. The highest BCUT2D eigenvalue weighted by Gasteiger charge is 2.44. The van der Waals surface area contributed by atoms with Gasteiger partial charge in [0.05, 0.1) is 25.4 Å². The Morgan fingerprint density at radius 3 is 1.37 bits per heavy atom. The van der Waals surface area contributed by atoms with E-state index in [4.69, 9.17) is 9.47 Å². The molecule has 6 N–H and O–H groups in total. The second-order valence-electron chi connectivity index (χ2n) is 19.0. The van der Waals surface area contributed by atoms with Gasteiger partial charge in [0.1, 0.15) is 24.4 Å². The minimum Gasteiger partial charge on any atom is -0.394 e. The van der Waals surface area contributed by atoms with E-state index < -0.39 is 49.5 Å². The predicted molar refractivity (Wildman–Crippen MR) is 258 cm³/mol. The molecule has 0 radical (unpaired) electrons. The lowest BCUT2D eigenvalue weighted by molar-refractivity contribution is -0.302. The Kier molecular flexibility index (Phi) is 41.6. The van der Waals surface area contributed by atoms with E-state index in [1.807, 2.05) is 0 Å². The zero-order chi connectivity index (χ0) is 45.1. The Morgan fingerprint density at radius 1 is 0.532 bits per heavy atom. The number of unbranched alkanes of at least 4 members (excludes halogenated alkanes) is 34. The van der Waals surface area contributed by atoms with Gasteiger partial charge in [0.2, 0.25) is 5.91 Å². The number of ether oxygens (including phenoxy) is 2. The average molecular weight is 882 g/mol. The van der Waals surface area contributed by atoms with Gasteiger partial charge in [-0.25, -0.2) is 0 Å². The molecule has 1 fully saturated rings. The number of aliphatic hydroxyl groups excluding tert-OH is 5. The molecule has 7 atom stereocenters. The summed E-state index contributed by atoms with van der Waals surface area (Å²) in [6.07, 6.45) is 45.5. The lowest BCUT2D eigenvalue weighted by Crippen LogP contribution is -2.60. The molecule has 9 heteroatoms. The van der Waals surface area contributed by atoms with E-state index in [-0.39, 0.29) is 12.5 Å². The molecule has 0 spiro atoms. The molecule has 0 aromatic rings. The van der Waals surface area contributed by atoms with Gasteiger partial charge in [0.15, 0.2) is 6.29 Å². The van der Waals surface area contributed by atoms with Crippen LogP contribution in [0.4, 0.5) is 0 Å². The first-order chi connectivity index (χ1) is 30.3. The van der Waals surface area contributed by atoms with Gasteiger partial charge in [-0.05, 0) is 32.1 Å². The molecule has 0 bridgehead atoms. The molecule has 62 heavy (non-hydrogen) atoms. The van der Waals surface area contributed by atoms with Crippen molar-refractivity contribution in [3.63, 3.8) is 0 Å². The van der Waals surface area contributed by atoms with Crippen molar-refractivity contribution in [3.05, 3.63) is 12.2 Å². The normalized spacial score (nSPS) is 20.3. The summed E-state index contributed by atoms with van der Waals surface area (Å²) in [6, 6.07) is -0.719. The van der Waals surface area contributed by atoms with E-state index in [9.17, 15) is 30.3 Å². The number of rotatable bonds is 46. The summed E-state index contributed by atoms with van der Waals surface area (Å²) in [5.41, 5.74) is 0. The Bertz CT molecular complexity index is 981. The molecule has 7 unspecified atom stereocenters. The minimum absolute atomic E-state index is 0.138. The molecule has 1 aliphatic heterocycles. The first-order valence-electron chi connectivity index (χ1n) is 26.9. The molecule has 1 rings (SSSR count). The van der Waals surface area contributed by atoms with Crippen LogP contribution < -0.4 is 5.32 Å². The predicted octanol–water partition coefficient (Wildman–Crippen LogP) is 12.5. The van der Waals surface area contributed by atoms with Gasteiger partial charge in [0, 0.05) is 6.42 Å². The Balaban J connectivity index is 2.12. The van der Waals surface area contributed by atoms with Crippen LogP contribution in [0, 0.1) is 0 Å². The van der Waals surface area contributed by atoms with E-state index in [1.165, 1.54) is 173 Å². The van der Waals surface area contributed by atoms with Crippen LogP contribution in [0.3, 0.4) is 0 Å².